The van der Waals surface area contributed by atoms with Crippen LogP contribution in [0.4, 0.5) is 0 Å². The lowest BCUT2D eigenvalue weighted by Gasteiger charge is -2.20. The smallest absolute Gasteiger partial charge is 0.215 e. The topological polar surface area (TPSA) is 80.9 Å². The van der Waals surface area contributed by atoms with E-state index in [9.17, 15) is 20.4 Å². The van der Waals surface area contributed by atoms with Crippen LogP contribution in [-0.2, 0) is 10.8 Å². The number of halogens is 1. The maximum Gasteiger partial charge on any atom is 0.215 e. The van der Waals surface area contributed by atoms with E-state index in [4.69, 9.17) is 0 Å². The van der Waals surface area contributed by atoms with Gasteiger partial charge in [0.1, 0.15) is 0 Å². The van der Waals surface area contributed by atoms with E-state index < -0.39 is 0 Å². The molecule has 0 fully saturated rings. The van der Waals surface area contributed by atoms with Gasteiger partial charge < -0.3 is 20.4 Å². The fourth-order valence-electron chi connectivity index (χ4n) is 2.27. The third-order valence-electron chi connectivity index (χ3n) is 3.65. The van der Waals surface area contributed by atoms with Crippen molar-refractivity contribution in [3.63, 3.8) is 0 Å². The second-order valence-electron chi connectivity index (χ2n) is 7.85. The van der Waals surface area contributed by atoms with Crippen LogP contribution in [0.5, 0.6) is 23.0 Å². The molecule has 2 aromatic rings. The van der Waals surface area contributed by atoms with E-state index in [1.54, 1.807) is 12.1 Å². The van der Waals surface area contributed by atoms with Crippen LogP contribution in [0.1, 0.15) is 52.7 Å². The molecule has 0 aliphatic rings. The lowest BCUT2D eigenvalue weighted by atomic mass is 9.86. The van der Waals surface area contributed by atoms with Gasteiger partial charge in [0.25, 0.3) is 0 Å². The summed E-state index contributed by atoms with van der Waals surface area (Å²) in [4.78, 5) is 0. The number of phenolic OH excluding ortho intramolecular Hbond substituents is 4. The van der Waals surface area contributed by atoms with Crippen LogP contribution in [-0.4, -0.2) is 27.7 Å². The van der Waals surface area contributed by atoms with E-state index in [-0.39, 0.29) is 33.8 Å². The fraction of sp³-hybridized carbons (Fsp3) is 0.400. The Morgan fingerprint density at radius 1 is 0.615 bits per heavy atom. The number of benzene rings is 2. The summed E-state index contributed by atoms with van der Waals surface area (Å²) in [6, 6.07) is 10.0. The van der Waals surface area contributed by atoms with Crippen molar-refractivity contribution in [3.05, 3.63) is 47.5 Å². The number of phenols is 4. The van der Waals surface area contributed by atoms with Gasteiger partial charge in [0.2, 0.25) is 7.26 Å². The number of hydrogen-bond acceptors (Lipinski definition) is 4. The number of hydrogen-bond donors (Lipinski definition) is 4. The van der Waals surface area contributed by atoms with Crippen molar-refractivity contribution in [2.75, 3.05) is 0 Å². The summed E-state index contributed by atoms with van der Waals surface area (Å²) < 4.78 is 0. The molecule has 2 rings (SSSR count). The van der Waals surface area contributed by atoms with Crippen molar-refractivity contribution in [1.29, 1.82) is 0 Å². The second kappa shape index (κ2) is 9.63. The molecule has 144 valence electrons. The maximum absolute atomic E-state index is 9.48. The third-order valence-corrected chi connectivity index (χ3v) is 3.65. The molecule has 6 heteroatoms. The molecule has 26 heavy (non-hydrogen) atoms. The molecule has 0 spiro atoms. The number of aromatic hydroxyl groups is 4. The largest absolute Gasteiger partial charge is 0.504 e. The van der Waals surface area contributed by atoms with Crippen molar-refractivity contribution >= 4 is 18.7 Å². The summed E-state index contributed by atoms with van der Waals surface area (Å²) in [5, 5.41) is 37.4. The van der Waals surface area contributed by atoms with Gasteiger partial charge in [-0.3, -0.25) is 0 Å². The first-order valence-electron chi connectivity index (χ1n) is 8.26. The lowest BCUT2D eigenvalue weighted by molar-refractivity contribution is 0.389. The SMILES string of the molecule is BCl.CC(C)(C)c1cccc(O)c1O.CC(C)(C)c1cccc(O)c1O. The minimum Gasteiger partial charge on any atom is -0.504 e. The number of para-hydroxylation sites is 2. The van der Waals surface area contributed by atoms with Gasteiger partial charge in [0.05, 0.1) is 0 Å². The van der Waals surface area contributed by atoms with Gasteiger partial charge in [-0.25, -0.2) is 11.5 Å². The molecule has 0 aliphatic carbocycles. The van der Waals surface area contributed by atoms with E-state index in [2.05, 4.69) is 11.5 Å². The van der Waals surface area contributed by atoms with E-state index in [1.807, 2.05) is 53.7 Å². The predicted octanol–water partition coefficient (Wildman–Crippen LogP) is 4.56. The highest BCUT2D eigenvalue weighted by atomic mass is 35.5. The predicted molar refractivity (Wildman–Crippen MR) is 111 cm³/mol. The molecule has 0 unspecified atom stereocenters. The van der Waals surface area contributed by atoms with Crippen LogP contribution in [0, 0.1) is 0 Å². The van der Waals surface area contributed by atoms with Gasteiger partial charge in [-0.2, -0.15) is 0 Å². The zero-order valence-electron chi connectivity index (χ0n) is 16.6. The van der Waals surface area contributed by atoms with Gasteiger partial charge in [-0.1, -0.05) is 65.8 Å². The molecule has 4 nitrogen and oxygen atoms in total. The zero-order chi connectivity index (χ0) is 20.7. The van der Waals surface area contributed by atoms with E-state index >= 15 is 0 Å². The molecule has 0 amide bonds. The van der Waals surface area contributed by atoms with Crippen LogP contribution in [0.25, 0.3) is 0 Å². The van der Waals surface area contributed by atoms with Crippen molar-refractivity contribution in [1.82, 2.24) is 0 Å². The van der Waals surface area contributed by atoms with Gasteiger partial charge >= 0.3 is 0 Å². The Bertz CT molecular complexity index is 642. The molecule has 4 N–H and O–H groups in total. The average molecular weight is 381 g/mol. The van der Waals surface area contributed by atoms with Gasteiger partial charge in [0, 0.05) is 11.1 Å². The fourth-order valence-corrected chi connectivity index (χ4v) is 2.27. The van der Waals surface area contributed by atoms with Crippen LogP contribution in [0.15, 0.2) is 36.4 Å². The molecule has 0 atom stereocenters. The van der Waals surface area contributed by atoms with Crippen LogP contribution < -0.4 is 0 Å². The van der Waals surface area contributed by atoms with E-state index in [1.165, 1.54) is 19.4 Å². The molecular formula is C20H30BClO4. The first-order chi connectivity index (χ1) is 11.9. The average Bonchev–Trinajstić information content (AvgIpc) is 2.53. The summed E-state index contributed by atoms with van der Waals surface area (Å²) in [5.74, 6) is -0.125. The van der Waals surface area contributed by atoms with Crippen LogP contribution in [0.2, 0.25) is 0 Å². The second-order valence-corrected chi connectivity index (χ2v) is 7.85. The molecule has 0 aliphatic heterocycles. The third kappa shape index (κ3) is 6.72. The van der Waals surface area contributed by atoms with Crippen molar-refractivity contribution in [2.24, 2.45) is 0 Å². The first kappa shape index (κ1) is 24.0. The Morgan fingerprint density at radius 2 is 0.885 bits per heavy atom. The standard InChI is InChI=1S/2C10H14O2.BClH2/c2*1-10(2,3)7-5-4-6-8(11)9(7)12;1-2/h2*4-6,11-12H,1-3H3;1H2. The van der Waals surface area contributed by atoms with Crippen molar-refractivity contribution in [3.8, 4) is 23.0 Å². The van der Waals surface area contributed by atoms with E-state index in [0.29, 0.717) is 0 Å². The van der Waals surface area contributed by atoms with Gasteiger partial charge in [-0.05, 0) is 23.0 Å². The molecule has 0 radical (unpaired) electrons. The van der Waals surface area contributed by atoms with Gasteiger partial charge in [0.15, 0.2) is 23.0 Å². The highest BCUT2D eigenvalue weighted by molar-refractivity contribution is 6.80. The molecule has 0 saturated carbocycles. The monoisotopic (exact) mass is 380 g/mol. The minimum atomic E-state index is -0.136. The minimum absolute atomic E-state index is 0.00926. The van der Waals surface area contributed by atoms with Crippen molar-refractivity contribution in [2.45, 2.75) is 52.4 Å². The molecule has 0 bridgehead atoms. The molecule has 0 aromatic heterocycles. The molecule has 0 heterocycles. The normalized spacial score (nSPS) is 10.9. The first-order valence-corrected chi connectivity index (χ1v) is 9.02. The summed E-state index contributed by atoms with van der Waals surface area (Å²) in [5.41, 5.74) is 1.26. The zero-order valence-corrected chi connectivity index (χ0v) is 17.4. The summed E-state index contributed by atoms with van der Waals surface area (Å²) in [6.07, 6.45) is 0. The summed E-state index contributed by atoms with van der Waals surface area (Å²) in [7, 11) is 1.47. The Morgan fingerprint density at radius 3 is 1.08 bits per heavy atom. The number of rotatable bonds is 0. The summed E-state index contributed by atoms with van der Waals surface area (Å²) >= 11 is 4.64. The highest BCUT2D eigenvalue weighted by Gasteiger charge is 2.20. The highest BCUT2D eigenvalue weighted by Crippen LogP contribution is 2.37. The summed E-state index contributed by atoms with van der Waals surface area (Å²) in [6.45, 7) is 11.9. The van der Waals surface area contributed by atoms with Crippen molar-refractivity contribution < 1.29 is 20.4 Å². The van der Waals surface area contributed by atoms with Gasteiger partial charge in [-0.15, -0.1) is 0 Å². The van der Waals surface area contributed by atoms with Crippen LogP contribution >= 0.6 is 11.5 Å². The molecular weight excluding hydrogens is 350 g/mol. The van der Waals surface area contributed by atoms with Crippen LogP contribution in [0.3, 0.4) is 0 Å². The Hall–Kier alpha value is -2.01. The Balaban J connectivity index is 0.000000439. The maximum atomic E-state index is 9.48. The Kier molecular flexibility index (Phi) is 8.88. The molecule has 2 aromatic carbocycles. The quantitative estimate of drug-likeness (QED) is 0.399. The Labute approximate surface area is 162 Å². The molecule has 0 saturated heterocycles. The lowest BCUT2D eigenvalue weighted by Crippen LogP contribution is -2.10. The van der Waals surface area contributed by atoms with E-state index in [0.717, 1.165) is 11.1 Å².